The molecule has 0 radical (unpaired) electrons. The molecule has 2 aromatic rings. The van der Waals surface area contributed by atoms with Crippen LogP contribution in [0.15, 0.2) is 35.4 Å². The molecule has 0 aliphatic rings. The first-order valence-electron chi connectivity index (χ1n) is 5.62. The Bertz CT molecular complexity index is 590. The van der Waals surface area contributed by atoms with Crippen molar-refractivity contribution in [2.75, 3.05) is 5.43 Å². The molecule has 0 fully saturated rings. The summed E-state index contributed by atoms with van der Waals surface area (Å²) in [7, 11) is 0. The summed E-state index contributed by atoms with van der Waals surface area (Å²) < 4.78 is 1.19. The Morgan fingerprint density at radius 2 is 1.95 bits per heavy atom. The van der Waals surface area contributed by atoms with Crippen LogP contribution in [0.5, 0.6) is 0 Å². The van der Waals surface area contributed by atoms with Gasteiger partial charge in [0.2, 0.25) is 0 Å². The molecule has 0 spiro atoms. The van der Waals surface area contributed by atoms with Crippen molar-refractivity contribution < 1.29 is 0 Å². The first-order valence-corrected chi connectivity index (χ1v) is 7.08. The van der Waals surface area contributed by atoms with Crippen LogP contribution in [0.1, 0.15) is 18.3 Å². The topological polar surface area (TPSA) is 50.2 Å². The highest BCUT2D eigenvalue weighted by Crippen LogP contribution is 2.12. The van der Waals surface area contributed by atoms with E-state index in [1.54, 1.807) is 13.0 Å². The minimum absolute atomic E-state index is 0.400. The molecule has 1 aromatic heterocycles. The van der Waals surface area contributed by atoms with Crippen LogP contribution in [0.4, 0.5) is 5.82 Å². The summed E-state index contributed by atoms with van der Waals surface area (Å²) >= 11 is 8.13. The third-order valence-corrected chi connectivity index (χ3v) is 3.32. The molecule has 98 valence electrons. The van der Waals surface area contributed by atoms with Gasteiger partial charge in [0, 0.05) is 9.64 Å². The van der Waals surface area contributed by atoms with E-state index in [1.807, 2.05) is 31.2 Å². The fraction of sp³-hybridized carbons (Fsp3) is 0.154. The largest absolute Gasteiger partial charge is 0.261 e. The third kappa shape index (κ3) is 4.14. The number of hydrogen-bond acceptors (Lipinski definition) is 4. The van der Waals surface area contributed by atoms with Crippen LogP contribution >= 0.6 is 34.2 Å². The monoisotopic (exact) mass is 386 g/mol. The van der Waals surface area contributed by atoms with E-state index in [9.17, 15) is 0 Å². The van der Waals surface area contributed by atoms with Gasteiger partial charge in [-0.05, 0) is 54.1 Å². The SMILES string of the molecule is C/C(=N/Nc1cc(Cl)nc(C)n1)c1ccc(I)cc1. The van der Waals surface area contributed by atoms with Crippen LogP contribution in [-0.2, 0) is 0 Å². The smallest absolute Gasteiger partial charge is 0.151 e. The number of nitrogens with zero attached hydrogens (tertiary/aromatic N) is 3. The van der Waals surface area contributed by atoms with E-state index in [2.05, 4.69) is 43.1 Å². The number of nitrogens with one attached hydrogen (secondary N) is 1. The summed E-state index contributed by atoms with van der Waals surface area (Å²) in [5, 5.41) is 4.69. The maximum atomic E-state index is 5.86. The Kier molecular flexibility index (Phi) is 4.71. The number of benzene rings is 1. The standard InChI is InChI=1S/C13H12ClIN4/c1-8(10-3-5-11(15)6-4-10)18-19-13-7-12(14)16-9(2)17-13/h3-7H,1-2H3,(H,16,17,19)/b18-8-. The van der Waals surface area contributed by atoms with Crippen molar-refractivity contribution in [3.8, 4) is 0 Å². The van der Waals surface area contributed by atoms with Crippen LogP contribution < -0.4 is 5.43 Å². The lowest BCUT2D eigenvalue weighted by molar-refractivity contribution is 1.04. The van der Waals surface area contributed by atoms with Crippen LogP contribution in [-0.4, -0.2) is 15.7 Å². The zero-order valence-corrected chi connectivity index (χ0v) is 13.4. The highest BCUT2D eigenvalue weighted by Gasteiger charge is 2.00. The Morgan fingerprint density at radius 3 is 2.58 bits per heavy atom. The highest BCUT2D eigenvalue weighted by molar-refractivity contribution is 14.1. The van der Waals surface area contributed by atoms with Crippen LogP contribution in [0.3, 0.4) is 0 Å². The van der Waals surface area contributed by atoms with Crippen molar-refractivity contribution >= 4 is 45.7 Å². The lowest BCUT2D eigenvalue weighted by Crippen LogP contribution is -2.02. The molecule has 0 unspecified atom stereocenters. The molecule has 0 aliphatic heterocycles. The molecule has 4 nitrogen and oxygen atoms in total. The summed E-state index contributed by atoms with van der Waals surface area (Å²) in [6.07, 6.45) is 0. The Labute approximate surface area is 130 Å². The number of anilines is 1. The van der Waals surface area contributed by atoms with E-state index in [1.165, 1.54) is 3.57 Å². The number of halogens is 2. The minimum Gasteiger partial charge on any atom is -0.261 e. The molecule has 6 heteroatoms. The Hall–Kier alpha value is -1.21. The van der Waals surface area contributed by atoms with Gasteiger partial charge in [0.15, 0.2) is 5.82 Å². The van der Waals surface area contributed by atoms with Gasteiger partial charge >= 0.3 is 0 Å². The number of aromatic nitrogens is 2. The average Bonchev–Trinajstić information content (AvgIpc) is 2.36. The second-order valence-electron chi connectivity index (χ2n) is 3.94. The van der Waals surface area contributed by atoms with E-state index in [0.717, 1.165) is 11.3 Å². The van der Waals surface area contributed by atoms with Crippen LogP contribution in [0, 0.1) is 10.5 Å². The molecule has 1 aromatic carbocycles. The van der Waals surface area contributed by atoms with E-state index < -0.39 is 0 Å². The lowest BCUT2D eigenvalue weighted by Gasteiger charge is -2.04. The first kappa shape index (κ1) is 14.2. The molecule has 0 saturated carbocycles. The molecule has 0 aliphatic carbocycles. The normalized spacial score (nSPS) is 11.5. The molecule has 0 atom stereocenters. The zero-order chi connectivity index (χ0) is 13.8. The molecular formula is C13H12ClIN4. The molecule has 2 rings (SSSR count). The Morgan fingerprint density at radius 1 is 1.26 bits per heavy atom. The van der Waals surface area contributed by atoms with Gasteiger partial charge < -0.3 is 0 Å². The van der Waals surface area contributed by atoms with Gasteiger partial charge in [-0.1, -0.05) is 23.7 Å². The van der Waals surface area contributed by atoms with E-state index in [-0.39, 0.29) is 0 Å². The van der Waals surface area contributed by atoms with E-state index >= 15 is 0 Å². The van der Waals surface area contributed by atoms with Crippen LogP contribution in [0.25, 0.3) is 0 Å². The summed E-state index contributed by atoms with van der Waals surface area (Å²) in [5.41, 5.74) is 4.83. The van der Waals surface area contributed by atoms with Gasteiger partial charge in [0.05, 0.1) is 5.71 Å². The molecule has 1 N–H and O–H groups in total. The van der Waals surface area contributed by atoms with Gasteiger partial charge in [0.25, 0.3) is 0 Å². The van der Waals surface area contributed by atoms with Crippen molar-refractivity contribution in [2.45, 2.75) is 13.8 Å². The second-order valence-corrected chi connectivity index (χ2v) is 5.57. The maximum absolute atomic E-state index is 5.86. The molecular weight excluding hydrogens is 375 g/mol. The van der Waals surface area contributed by atoms with E-state index in [0.29, 0.717) is 16.8 Å². The van der Waals surface area contributed by atoms with Crippen molar-refractivity contribution in [1.82, 2.24) is 9.97 Å². The van der Waals surface area contributed by atoms with Gasteiger partial charge in [-0.2, -0.15) is 5.10 Å². The fourth-order valence-electron chi connectivity index (χ4n) is 1.49. The highest BCUT2D eigenvalue weighted by atomic mass is 127. The number of rotatable bonds is 3. The number of hydrogen-bond donors (Lipinski definition) is 1. The molecule has 1 heterocycles. The molecule has 19 heavy (non-hydrogen) atoms. The summed E-state index contributed by atoms with van der Waals surface area (Å²) in [4.78, 5) is 8.19. The third-order valence-electron chi connectivity index (χ3n) is 2.41. The average molecular weight is 387 g/mol. The molecule has 0 amide bonds. The van der Waals surface area contributed by atoms with Crippen molar-refractivity contribution in [2.24, 2.45) is 5.10 Å². The van der Waals surface area contributed by atoms with Gasteiger partial charge in [-0.15, -0.1) is 0 Å². The summed E-state index contributed by atoms with van der Waals surface area (Å²) in [5.74, 6) is 1.19. The maximum Gasteiger partial charge on any atom is 0.151 e. The van der Waals surface area contributed by atoms with Crippen molar-refractivity contribution in [1.29, 1.82) is 0 Å². The van der Waals surface area contributed by atoms with Crippen molar-refractivity contribution in [3.05, 3.63) is 50.4 Å². The molecule has 0 saturated heterocycles. The van der Waals surface area contributed by atoms with Crippen LogP contribution in [0.2, 0.25) is 5.15 Å². The zero-order valence-electron chi connectivity index (χ0n) is 10.5. The van der Waals surface area contributed by atoms with Gasteiger partial charge in [-0.25, -0.2) is 9.97 Å². The summed E-state index contributed by atoms with van der Waals surface area (Å²) in [6.45, 7) is 3.72. The predicted octanol–water partition coefficient (Wildman–Crippen LogP) is 3.88. The number of hydrazone groups is 1. The Balaban J connectivity index is 2.15. The molecule has 0 bridgehead atoms. The second kappa shape index (κ2) is 6.29. The van der Waals surface area contributed by atoms with Gasteiger partial charge in [-0.3, -0.25) is 5.43 Å². The number of aryl methyl sites for hydroxylation is 1. The predicted molar refractivity (Wildman–Crippen MR) is 86.8 cm³/mol. The fourth-order valence-corrected chi connectivity index (χ4v) is 2.07. The van der Waals surface area contributed by atoms with Gasteiger partial charge in [0.1, 0.15) is 11.0 Å². The van der Waals surface area contributed by atoms with E-state index in [4.69, 9.17) is 11.6 Å². The minimum atomic E-state index is 0.400. The summed E-state index contributed by atoms with van der Waals surface area (Å²) in [6, 6.07) is 9.78. The quantitative estimate of drug-likeness (QED) is 0.377. The lowest BCUT2D eigenvalue weighted by atomic mass is 10.1. The first-order chi connectivity index (χ1) is 9.04. The van der Waals surface area contributed by atoms with Crippen molar-refractivity contribution in [3.63, 3.8) is 0 Å².